The molecule has 3 aromatic heterocycles. The average molecular weight is 438 g/mol. The smallest absolute Gasteiger partial charge is 0.271 e. The van der Waals surface area contributed by atoms with E-state index in [0.29, 0.717) is 23.0 Å². The summed E-state index contributed by atoms with van der Waals surface area (Å²) < 4.78 is 33.2. The van der Waals surface area contributed by atoms with Crippen LogP contribution in [-0.2, 0) is 10.0 Å². The van der Waals surface area contributed by atoms with Crippen molar-refractivity contribution in [2.75, 3.05) is 4.72 Å². The Bertz CT molecular complexity index is 1420. The number of para-hydroxylation sites is 2. The molecule has 0 fully saturated rings. The third-order valence-electron chi connectivity index (χ3n) is 4.43. The van der Waals surface area contributed by atoms with Crippen LogP contribution in [0.15, 0.2) is 68.7 Å². The van der Waals surface area contributed by atoms with E-state index in [1.165, 1.54) is 6.07 Å². The van der Waals surface area contributed by atoms with Crippen LogP contribution in [-0.4, -0.2) is 28.5 Å². The van der Waals surface area contributed by atoms with Gasteiger partial charge >= 0.3 is 0 Å². The van der Waals surface area contributed by atoms with Gasteiger partial charge in [-0.15, -0.1) is 11.3 Å². The molecule has 0 saturated carbocycles. The molecule has 0 bridgehead atoms. The largest absolute Gasteiger partial charge is 0.339 e. The molecule has 2 aromatic carbocycles. The molecule has 0 unspecified atom stereocenters. The van der Waals surface area contributed by atoms with Gasteiger partial charge in [0, 0.05) is 29.1 Å². The topological polar surface area (TPSA) is 114 Å². The third-order valence-corrected chi connectivity index (χ3v) is 7.25. The highest BCUT2D eigenvalue weighted by Crippen LogP contribution is 2.29. The second-order valence-corrected chi connectivity index (χ2v) is 9.40. The Morgan fingerprint density at radius 2 is 1.83 bits per heavy atom. The van der Waals surface area contributed by atoms with Gasteiger partial charge in [-0.25, -0.2) is 13.4 Å². The molecule has 5 rings (SSSR count). The molecule has 0 spiro atoms. The molecule has 150 valence electrons. The van der Waals surface area contributed by atoms with Crippen LogP contribution in [0.1, 0.15) is 5.89 Å². The number of nitrogens with zero attached hydrogens (tertiary/aromatic N) is 3. The minimum Gasteiger partial charge on any atom is -0.339 e. The Labute approximate surface area is 175 Å². The van der Waals surface area contributed by atoms with Gasteiger partial charge in [0.25, 0.3) is 10.0 Å². The fraction of sp³-hybridized carbons (Fsp3) is 0.0500. The van der Waals surface area contributed by atoms with E-state index in [1.54, 1.807) is 24.4 Å². The van der Waals surface area contributed by atoms with Crippen LogP contribution < -0.4 is 4.72 Å². The number of sulfonamides is 1. The summed E-state index contributed by atoms with van der Waals surface area (Å²) in [6.07, 6.45) is 0. The predicted molar refractivity (Wildman–Crippen MR) is 115 cm³/mol. The first-order chi connectivity index (χ1) is 14.5. The number of H-pyrrole nitrogens is 1. The third kappa shape index (κ3) is 3.46. The fourth-order valence-electron chi connectivity index (χ4n) is 2.98. The number of aromatic amines is 1. The van der Waals surface area contributed by atoms with Crippen molar-refractivity contribution in [2.24, 2.45) is 0 Å². The minimum atomic E-state index is -3.73. The van der Waals surface area contributed by atoms with Crippen molar-refractivity contribution in [1.29, 1.82) is 0 Å². The second kappa shape index (κ2) is 7.08. The minimum absolute atomic E-state index is 0.168. The highest BCUT2D eigenvalue weighted by molar-refractivity contribution is 7.94. The molecule has 0 amide bonds. The maximum Gasteiger partial charge on any atom is 0.271 e. The van der Waals surface area contributed by atoms with Crippen molar-refractivity contribution < 1.29 is 12.9 Å². The highest BCUT2D eigenvalue weighted by Gasteiger charge is 2.19. The summed E-state index contributed by atoms with van der Waals surface area (Å²) in [6.45, 7) is 1.68. The predicted octanol–water partition coefficient (Wildman–Crippen LogP) is 4.45. The molecule has 3 heterocycles. The van der Waals surface area contributed by atoms with Crippen LogP contribution in [0.5, 0.6) is 0 Å². The van der Waals surface area contributed by atoms with Crippen molar-refractivity contribution in [3.63, 3.8) is 0 Å². The van der Waals surface area contributed by atoms with Gasteiger partial charge in [0.1, 0.15) is 10.0 Å². The summed E-state index contributed by atoms with van der Waals surface area (Å²) in [6, 6.07) is 16.3. The van der Waals surface area contributed by atoms with Crippen molar-refractivity contribution in [2.45, 2.75) is 11.1 Å². The average Bonchev–Trinajstić information content (AvgIpc) is 3.47. The molecule has 0 radical (unpaired) electrons. The fourth-order valence-corrected chi connectivity index (χ4v) is 5.20. The first kappa shape index (κ1) is 18.5. The van der Waals surface area contributed by atoms with Gasteiger partial charge in [0.15, 0.2) is 0 Å². The van der Waals surface area contributed by atoms with Crippen LogP contribution in [0.25, 0.3) is 33.8 Å². The number of fused-ring (bicyclic) bond motifs is 1. The van der Waals surface area contributed by atoms with Crippen molar-refractivity contribution in [3.05, 3.63) is 65.9 Å². The lowest BCUT2D eigenvalue weighted by atomic mass is 10.2. The van der Waals surface area contributed by atoms with Crippen LogP contribution >= 0.6 is 11.3 Å². The second-order valence-electron chi connectivity index (χ2n) is 6.58. The van der Waals surface area contributed by atoms with E-state index < -0.39 is 10.0 Å². The number of anilines is 1. The van der Waals surface area contributed by atoms with Gasteiger partial charge in [-0.2, -0.15) is 4.98 Å². The lowest BCUT2D eigenvalue weighted by Gasteiger charge is -2.06. The van der Waals surface area contributed by atoms with Gasteiger partial charge in [0.2, 0.25) is 11.7 Å². The van der Waals surface area contributed by atoms with Gasteiger partial charge < -0.3 is 9.51 Å². The zero-order chi connectivity index (χ0) is 20.7. The summed E-state index contributed by atoms with van der Waals surface area (Å²) >= 11 is 1.10. The Balaban J connectivity index is 1.37. The maximum absolute atomic E-state index is 12.7. The lowest BCUT2D eigenvalue weighted by Crippen LogP contribution is -2.11. The van der Waals surface area contributed by atoms with Gasteiger partial charge in [-0.1, -0.05) is 17.3 Å². The van der Waals surface area contributed by atoms with Crippen LogP contribution in [0, 0.1) is 6.92 Å². The molecule has 5 aromatic rings. The van der Waals surface area contributed by atoms with E-state index in [2.05, 4.69) is 24.8 Å². The van der Waals surface area contributed by atoms with E-state index in [0.717, 1.165) is 33.8 Å². The summed E-state index contributed by atoms with van der Waals surface area (Å²) in [5, 5.41) is 5.50. The molecule has 2 N–H and O–H groups in total. The van der Waals surface area contributed by atoms with Crippen molar-refractivity contribution in [1.82, 2.24) is 20.1 Å². The van der Waals surface area contributed by atoms with Crippen LogP contribution in [0.3, 0.4) is 0 Å². The molecule has 0 atom stereocenters. The number of nitrogens with one attached hydrogen (secondary N) is 2. The van der Waals surface area contributed by atoms with Gasteiger partial charge in [-0.3, -0.25) is 4.72 Å². The SMILES string of the molecule is Cc1nc(-c2csc(S(=O)(=O)Nc3ccc(-c4nc5ccccc5[nH]4)cc3)c2)no1. The van der Waals surface area contributed by atoms with Crippen molar-refractivity contribution in [3.8, 4) is 22.8 Å². The van der Waals surface area contributed by atoms with E-state index >= 15 is 0 Å². The Kier molecular flexibility index (Phi) is 4.37. The number of imidazole rings is 1. The Morgan fingerprint density at radius 3 is 2.57 bits per heavy atom. The lowest BCUT2D eigenvalue weighted by molar-refractivity contribution is 0.394. The van der Waals surface area contributed by atoms with E-state index in [-0.39, 0.29) is 4.21 Å². The molecular formula is C20H15N5O3S2. The molecular weight excluding hydrogens is 422 g/mol. The van der Waals surface area contributed by atoms with Crippen LogP contribution in [0.2, 0.25) is 0 Å². The summed E-state index contributed by atoms with van der Waals surface area (Å²) in [5.74, 6) is 1.51. The number of hydrogen-bond donors (Lipinski definition) is 2. The maximum atomic E-state index is 12.7. The quantitative estimate of drug-likeness (QED) is 0.420. The molecule has 0 aliphatic heterocycles. The molecule has 30 heavy (non-hydrogen) atoms. The van der Waals surface area contributed by atoms with E-state index in [1.807, 2.05) is 36.4 Å². The van der Waals surface area contributed by atoms with E-state index in [9.17, 15) is 8.42 Å². The van der Waals surface area contributed by atoms with Crippen LogP contribution in [0.4, 0.5) is 5.69 Å². The first-order valence-electron chi connectivity index (χ1n) is 8.95. The number of thiophene rings is 1. The van der Waals surface area contributed by atoms with Gasteiger partial charge in [0.05, 0.1) is 11.0 Å². The number of aromatic nitrogens is 4. The highest BCUT2D eigenvalue weighted by atomic mass is 32.2. The monoisotopic (exact) mass is 437 g/mol. The Morgan fingerprint density at radius 1 is 1.03 bits per heavy atom. The molecule has 0 saturated heterocycles. The summed E-state index contributed by atoms with van der Waals surface area (Å²) in [4.78, 5) is 11.9. The van der Waals surface area contributed by atoms with Gasteiger partial charge in [-0.05, 0) is 42.5 Å². The number of rotatable bonds is 5. The van der Waals surface area contributed by atoms with Crippen molar-refractivity contribution >= 4 is 38.1 Å². The Hall–Kier alpha value is -3.50. The molecule has 0 aliphatic carbocycles. The molecule has 0 aliphatic rings. The zero-order valence-corrected chi connectivity index (χ0v) is 17.3. The number of aryl methyl sites for hydroxylation is 1. The van der Waals surface area contributed by atoms with E-state index in [4.69, 9.17) is 4.52 Å². The normalized spacial score (nSPS) is 11.8. The molecule has 10 heteroatoms. The summed E-state index contributed by atoms with van der Waals surface area (Å²) in [7, 11) is -3.73. The number of hydrogen-bond acceptors (Lipinski definition) is 7. The summed E-state index contributed by atoms with van der Waals surface area (Å²) in [5.41, 5.74) is 3.74. The zero-order valence-electron chi connectivity index (χ0n) is 15.7. The number of benzene rings is 2. The first-order valence-corrected chi connectivity index (χ1v) is 11.3. The standard InChI is InChI=1S/C20H15N5O3S2/c1-12-21-20(24-28-12)14-10-18(29-11-14)30(26,27)25-15-8-6-13(7-9-15)19-22-16-4-2-3-5-17(16)23-19/h2-11,25H,1H3,(H,22,23). The molecule has 8 nitrogen and oxygen atoms in total.